The number of amides is 1. The number of rotatable bonds is 3. The minimum absolute atomic E-state index is 0.0629. The maximum atomic E-state index is 11.8. The van der Waals surface area contributed by atoms with Crippen molar-refractivity contribution in [3.63, 3.8) is 0 Å². The van der Waals surface area contributed by atoms with E-state index in [1.807, 2.05) is 6.92 Å². The minimum atomic E-state index is -0.535. The van der Waals surface area contributed by atoms with Crippen molar-refractivity contribution in [3.05, 3.63) is 0 Å². The predicted octanol–water partition coefficient (Wildman–Crippen LogP) is -0.192. The van der Waals surface area contributed by atoms with Crippen molar-refractivity contribution in [2.45, 2.75) is 31.7 Å². The Balaban J connectivity index is 2.41. The Morgan fingerprint density at radius 2 is 2.20 bits per heavy atom. The summed E-state index contributed by atoms with van der Waals surface area (Å²) >= 11 is 0. The van der Waals surface area contributed by atoms with Crippen molar-refractivity contribution in [1.82, 2.24) is 10.6 Å². The summed E-state index contributed by atoms with van der Waals surface area (Å²) < 4.78 is 4.45. The highest BCUT2D eigenvalue weighted by Crippen LogP contribution is 2.18. The summed E-state index contributed by atoms with van der Waals surface area (Å²) in [5.74, 6) is -0.560. The quantitative estimate of drug-likeness (QED) is 0.639. The topological polar surface area (TPSA) is 67.4 Å². The van der Waals surface area contributed by atoms with Crippen LogP contribution in [0.1, 0.15) is 26.2 Å². The molecule has 0 aromatic carbocycles. The first kappa shape index (κ1) is 12.0. The van der Waals surface area contributed by atoms with Crippen LogP contribution < -0.4 is 10.6 Å². The maximum absolute atomic E-state index is 11.8. The van der Waals surface area contributed by atoms with Crippen LogP contribution in [0.2, 0.25) is 0 Å². The van der Waals surface area contributed by atoms with Crippen LogP contribution in [0.3, 0.4) is 0 Å². The summed E-state index contributed by atoms with van der Waals surface area (Å²) in [6.45, 7) is 2.65. The van der Waals surface area contributed by atoms with Crippen molar-refractivity contribution in [2.75, 3.05) is 20.2 Å². The average Bonchev–Trinajstić information content (AvgIpc) is 2.26. The molecule has 1 fully saturated rings. The number of piperidine rings is 1. The summed E-state index contributed by atoms with van der Waals surface area (Å²) in [6.07, 6.45) is 2.94. The molecule has 0 saturated carbocycles. The van der Waals surface area contributed by atoms with E-state index in [0.29, 0.717) is 0 Å². The lowest BCUT2D eigenvalue weighted by atomic mass is 9.90. The number of carbonyl (C=O) groups excluding carboxylic acids is 2. The molecule has 0 aromatic rings. The van der Waals surface area contributed by atoms with Gasteiger partial charge in [0.05, 0.1) is 12.6 Å². The molecule has 1 aliphatic heterocycles. The van der Waals surface area contributed by atoms with Gasteiger partial charge in [-0.3, -0.25) is 9.59 Å². The van der Waals surface area contributed by atoms with Gasteiger partial charge < -0.3 is 15.4 Å². The van der Waals surface area contributed by atoms with E-state index < -0.39 is 11.5 Å². The van der Waals surface area contributed by atoms with Crippen LogP contribution in [0.15, 0.2) is 0 Å². The molecule has 1 atom stereocenters. The Morgan fingerprint density at radius 1 is 1.47 bits per heavy atom. The largest absolute Gasteiger partial charge is 0.468 e. The lowest BCUT2D eigenvalue weighted by Crippen LogP contribution is -2.57. The van der Waals surface area contributed by atoms with Gasteiger partial charge in [-0.25, -0.2) is 0 Å². The summed E-state index contributed by atoms with van der Waals surface area (Å²) in [6, 6.07) is 0. The van der Waals surface area contributed by atoms with Gasteiger partial charge in [0.25, 0.3) is 0 Å². The van der Waals surface area contributed by atoms with Gasteiger partial charge in [0.1, 0.15) is 6.54 Å². The Kier molecular flexibility index (Phi) is 4.08. The SMILES string of the molecule is COC(=O)CNC(=O)C1(C)CCCCN1. The molecule has 0 bridgehead atoms. The van der Waals surface area contributed by atoms with Gasteiger partial charge in [-0.05, 0) is 32.7 Å². The standard InChI is InChI=1S/C10H18N2O3/c1-10(5-3-4-6-12-10)9(14)11-7-8(13)15-2/h12H,3-7H2,1-2H3,(H,11,14). The molecule has 86 valence electrons. The second-order valence-electron chi connectivity index (χ2n) is 3.97. The van der Waals surface area contributed by atoms with Crippen molar-refractivity contribution in [3.8, 4) is 0 Å². The Hall–Kier alpha value is -1.10. The summed E-state index contributed by atoms with van der Waals surface area (Å²) in [5, 5.41) is 5.74. The number of methoxy groups -OCH3 is 1. The van der Waals surface area contributed by atoms with Crippen LogP contribution in [0.25, 0.3) is 0 Å². The van der Waals surface area contributed by atoms with Gasteiger partial charge in [-0.1, -0.05) is 0 Å². The van der Waals surface area contributed by atoms with Gasteiger partial charge >= 0.3 is 5.97 Å². The third-order valence-electron chi connectivity index (χ3n) is 2.74. The van der Waals surface area contributed by atoms with Crippen LogP contribution in [-0.2, 0) is 14.3 Å². The average molecular weight is 214 g/mol. The Labute approximate surface area is 89.6 Å². The fraction of sp³-hybridized carbons (Fsp3) is 0.800. The summed E-state index contributed by atoms with van der Waals surface area (Å²) in [7, 11) is 1.30. The number of hydrogen-bond acceptors (Lipinski definition) is 4. The highest BCUT2D eigenvalue weighted by atomic mass is 16.5. The van der Waals surface area contributed by atoms with Crippen LogP contribution >= 0.6 is 0 Å². The number of ether oxygens (including phenoxy) is 1. The lowest BCUT2D eigenvalue weighted by molar-refractivity contribution is -0.142. The summed E-state index contributed by atoms with van der Waals surface area (Å²) in [5.41, 5.74) is -0.535. The van der Waals surface area contributed by atoms with Crippen molar-refractivity contribution in [1.29, 1.82) is 0 Å². The van der Waals surface area contributed by atoms with Crippen LogP contribution in [-0.4, -0.2) is 37.6 Å². The number of hydrogen-bond donors (Lipinski definition) is 2. The van der Waals surface area contributed by atoms with E-state index in [2.05, 4.69) is 15.4 Å². The molecule has 5 heteroatoms. The van der Waals surface area contributed by atoms with E-state index in [1.165, 1.54) is 7.11 Å². The normalized spacial score (nSPS) is 25.7. The lowest BCUT2D eigenvalue weighted by Gasteiger charge is -2.33. The molecule has 0 aliphatic carbocycles. The monoisotopic (exact) mass is 214 g/mol. The Bertz CT molecular complexity index is 247. The van der Waals surface area contributed by atoms with E-state index in [-0.39, 0.29) is 12.5 Å². The second-order valence-corrected chi connectivity index (χ2v) is 3.97. The molecule has 0 spiro atoms. The highest BCUT2D eigenvalue weighted by Gasteiger charge is 2.34. The number of esters is 1. The van der Waals surface area contributed by atoms with Crippen molar-refractivity contribution < 1.29 is 14.3 Å². The zero-order valence-electron chi connectivity index (χ0n) is 9.26. The zero-order chi connectivity index (χ0) is 11.3. The fourth-order valence-electron chi connectivity index (χ4n) is 1.67. The van der Waals surface area contributed by atoms with Gasteiger partial charge in [-0.15, -0.1) is 0 Å². The van der Waals surface area contributed by atoms with E-state index in [0.717, 1.165) is 25.8 Å². The van der Waals surface area contributed by atoms with Gasteiger partial charge in [0.2, 0.25) is 5.91 Å². The fourth-order valence-corrected chi connectivity index (χ4v) is 1.67. The molecule has 1 aliphatic rings. The molecule has 1 saturated heterocycles. The molecule has 0 radical (unpaired) electrons. The molecule has 1 heterocycles. The first-order valence-corrected chi connectivity index (χ1v) is 5.18. The van der Waals surface area contributed by atoms with Gasteiger partial charge in [0, 0.05) is 0 Å². The van der Waals surface area contributed by atoms with Crippen molar-refractivity contribution >= 4 is 11.9 Å². The van der Waals surface area contributed by atoms with Crippen LogP contribution in [0.4, 0.5) is 0 Å². The van der Waals surface area contributed by atoms with Crippen molar-refractivity contribution in [2.24, 2.45) is 0 Å². The molecule has 1 rings (SSSR count). The molecular formula is C10H18N2O3. The third-order valence-corrected chi connectivity index (χ3v) is 2.74. The van der Waals surface area contributed by atoms with Crippen LogP contribution in [0, 0.1) is 0 Å². The van der Waals surface area contributed by atoms with E-state index >= 15 is 0 Å². The molecule has 5 nitrogen and oxygen atoms in total. The molecule has 1 amide bonds. The van der Waals surface area contributed by atoms with E-state index in [1.54, 1.807) is 0 Å². The number of nitrogens with one attached hydrogen (secondary N) is 2. The predicted molar refractivity (Wildman–Crippen MR) is 55.3 cm³/mol. The van der Waals surface area contributed by atoms with E-state index in [4.69, 9.17) is 0 Å². The third kappa shape index (κ3) is 3.20. The molecule has 0 aromatic heterocycles. The minimum Gasteiger partial charge on any atom is -0.468 e. The molecule has 2 N–H and O–H groups in total. The molecule has 1 unspecified atom stereocenters. The first-order valence-electron chi connectivity index (χ1n) is 5.18. The van der Waals surface area contributed by atoms with E-state index in [9.17, 15) is 9.59 Å². The maximum Gasteiger partial charge on any atom is 0.325 e. The highest BCUT2D eigenvalue weighted by molar-refractivity contribution is 5.88. The molecular weight excluding hydrogens is 196 g/mol. The molecule has 15 heavy (non-hydrogen) atoms. The van der Waals surface area contributed by atoms with Crippen LogP contribution in [0.5, 0.6) is 0 Å². The van der Waals surface area contributed by atoms with Gasteiger partial charge in [-0.2, -0.15) is 0 Å². The summed E-state index contributed by atoms with van der Waals surface area (Å²) in [4.78, 5) is 22.6. The number of carbonyl (C=O) groups is 2. The first-order chi connectivity index (χ1) is 7.08. The smallest absolute Gasteiger partial charge is 0.325 e. The Morgan fingerprint density at radius 3 is 2.73 bits per heavy atom. The zero-order valence-corrected chi connectivity index (χ0v) is 9.26. The van der Waals surface area contributed by atoms with Gasteiger partial charge in [0.15, 0.2) is 0 Å². The second kappa shape index (κ2) is 5.11.